The Morgan fingerprint density at radius 1 is 0.939 bits per heavy atom. The molecule has 1 saturated heterocycles. The second-order valence-electron chi connectivity index (χ2n) is 7.69. The molecule has 0 unspecified atom stereocenters. The van der Waals surface area contributed by atoms with Gasteiger partial charge in [0.1, 0.15) is 0 Å². The molecule has 0 atom stereocenters. The molecule has 10 nitrogen and oxygen atoms in total. The lowest BCUT2D eigenvalue weighted by Gasteiger charge is -2.30. The summed E-state index contributed by atoms with van der Waals surface area (Å²) in [6.45, 7) is 0.320. The van der Waals surface area contributed by atoms with Crippen molar-refractivity contribution in [3.63, 3.8) is 0 Å². The second-order valence-corrected chi connectivity index (χ2v) is 11.6. The highest BCUT2D eigenvalue weighted by Crippen LogP contribution is 2.26. The predicted molar refractivity (Wildman–Crippen MR) is 119 cm³/mol. The minimum absolute atomic E-state index is 0.0112. The Labute approximate surface area is 191 Å². The van der Waals surface area contributed by atoms with Gasteiger partial charge in [0.25, 0.3) is 0 Å². The number of sulfone groups is 1. The molecule has 12 heteroatoms. The summed E-state index contributed by atoms with van der Waals surface area (Å²) in [5.74, 6) is -0.433. The van der Waals surface area contributed by atoms with Crippen molar-refractivity contribution in [3.8, 4) is 11.5 Å². The van der Waals surface area contributed by atoms with Gasteiger partial charge in [-0.25, -0.2) is 16.8 Å². The van der Waals surface area contributed by atoms with Crippen molar-refractivity contribution in [1.82, 2.24) is 14.5 Å². The number of carbonyl (C=O) groups is 1. The average Bonchev–Trinajstić information content (AvgIpc) is 3.28. The first-order chi connectivity index (χ1) is 15.6. The third kappa shape index (κ3) is 5.13. The van der Waals surface area contributed by atoms with Gasteiger partial charge in [-0.05, 0) is 49.2 Å². The number of nitrogens with one attached hydrogen (secondary N) is 1. The number of amides is 1. The van der Waals surface area contributed by atoms with Crippen LogP contribution in [-0.2, 0) is 24.7 Å². The standard InChI is InChI=1S/C21H22N4O6S2/c1-32(27,28)17-7-9-18(10-8-17)33(29,30)25-13-11-15(12-14-25)19(26)22-21-24-23-20(31-21)16-5-3-2-4-6-16/h2-10,15H,11-14H2,1H3,(H,22,24,26). The van der Waals surface area contributed by atoms with Crippen molar-refractivity contribution < 1.29 is 26.0 Å². The first-order valence-electron chi connectivity index (χ1n) is 10.1. The van der Waals surface area contributed by atoms with Crippen LogP contribution >= 0.6 is 0 Å². The number of aromatic nitrogens is 2. The number of hydrogen-bond acceptors (Lipinski definition) is 8. The minimum Gasteiger partial charge on any atom is -0.403 e. The molecule has 0 spiro atoms. The van der Waals surface area contributed by atoms with Crippen LogP contribution in [0.5, 0.6) is 0 Å². The molecule has 1 aromatic heterocycles. The number of hydrogen-bond donors (Lipinski definition) is 1. The normalized spacial score (nSPS) is 15.9. The lowest BCUT2D eigenvalue weighted by atomic mass is 9.97. The zero-order valence-corrected chi connectivity index (χ0v) is 19.3. The Kier molecular flexibility index (Phi) is 6.32. The van der Waals surface area contributed by atoms with Crippen LogP contribution in [0.1, 0.15) is 12.8 Å². The van der Waals surface area contributed by atoms with E-state index in [1.54, 1.807) is 0 Å². The highest BCUT2D eigenvalue weighted by atomic mass is 32.2. The number of rotatable bonds is 6. The molecule has 0 bridgehead atoms. The van der Waals surface area contributed by atoms with E-state index in [0.717, 1.165) is 11.8 Å². The fourth-order valence-corrected chi connectivity index (χ4v) is 5.64. The monoisotopic (exact) mass is 490 g/mol. The summed E-state index contributed by atoms with van der Waals surface area (Å²) in [7, 11) is -7.21. The zero-order chi connectivity index (χ0) is 23.6. The SMILES string of the molecule is CS(=O)(=O)c1ccc(S(=O)(=O)N2CCC(C(=O)Nc3nnc(-c4ccccc4)o3)CC2)cc1. The topological polar surface area (TPSA) is 140 Å². The van der Waals surface area contributed by atoms with Crippen LogP contribution in [0.4, 0.5) is 6.01 Å². The molecule has 0 radical (unpaired) electrons. The first-order valence-corrected chi connectivity index (χ1v) is 13.5. The van der Waals surface area contributed by atoms with E-state index in [2.05, 4.69) is 15.5 Å². The van der Waals surface area contributed by atoms with Crippen LogP contribution in [0.15, 0.2) is 68.8 Å². The molecule has 1 aliphatic heterocycles. The van der Waals surface area contributed by atoms with Crippen LogP contribution in [0.3, 0.4) is 0 Å². The van der Waals surface area contributed by atoms with E-state index in [0.29, 0.717) is 12.8 Å². The van der Waals surface area contributed by atoms with Crippen molar-refractivity contribution in [2.75, 3.05) is 24.7 Å². The summed E-state index contributed by atoms with van der Waals surface area (Å²) in [6.07, 6.45) is 1.71. The maximum atomic E-state index is 12.9. The number of nitrogens with zero attached hydrogens (tertiary/aromatic N) is 3. The maximum absolute atomic E-state index is 12.9. The summed E-state index contributed by atoms with van der Waals surface area (Å²) >= 11 is 0. The first kappa shape index (κ1) is 23.1. The number of sulfonamides is 1. The molecule has 2 heterocycles. The van der Waals surface area contributed by atoms with Crippen LogP contribution in [0.2, 0.25) is 0 Å². The quantitative estimate of drug-likeness (QED) is 0.555. The van der Waals surface area contributed by atoms with E-state index in [1.165, 1.54) is 28.6 Å². The number of carbonyl (C=O) groups excluding carboxylic acids is 1. The lowest BCUT2D eigenvalue weighted by Crippen LogP contribution is -2.41. The molecular weight excluding hydrogens is 468 g/mol. The predicted octanol–water partition coefficient (Wildman–Crippen LogP) is 2.18. The van der Waals surface area contributed by atoms with Crippen LogP contribution < -0.4 is 5.32 Å². The summed E-state index contributed by atoms with van der Waals surface area (Å²) in [5.41, 5.74) is 0.730. The van der Waals surface area contributed by atoms with Gasteiger partial charge in [0.15, 0.2) is 9.84 Å². The van der Waals surface area contributed by atoms with E-state index in [9.17, 15) is 21.6 Å². The van der Waals surface area contributed by atoms with Crippen LogP contribution in [0, 0.1) is 5.92 Å². The average molecular weight is 491 g/mol. The molecule has 1 fully saturated rings. The van der Waals surface area contributed by atoms with Gasteiger partial charge in [-0.3, -0.25) is 10.1 Å². The maximum Gasteiger partial charge on any atom is 0.322 e. The fraction of sp³-hybridized carbons (Fsp3) is 0.286. The summed E-state index contributed by atoms with van der Waals surface area (Å²) in [5, 5.41) is 10.4. The minimum atomic E-state index is -3.79. The van der Waals surface area contributed by atoms with Crippen molar-refractivity contribution in [2.45, 2.75) is 22.6 Å². The van der Waals surface area contributed by atoms with Gasteiger partial charge in [0.05, 0.1) is 9.79 Å². The molecule has 0 aliphatic carbocycles. The summed E-state index contributed by atoms with van der Waals surface area (Å²) < 4.78 is 55.8. The Morgan fingerprint density at radius 2 is 1.55 bits per heavy atom. The zero-order valence-electron chi connectivity index (χ0n) is 17.7. The molecule has 4 rings (SSSR count). The molecule has 0 saturated carbocycles. The largest absolute Gasteiger partial charge is 0.403 e. The molecule has 174 valence electrons. The second kappa shape index (κ2) is 9.04. The van der Waals surface area contributed by atoms with Crippen molar-refractivity contribution >= 4 is 31.8 Å². The van der Waals surface area contributed by atoms with Gasteiger partial charge in [-0.2, -0.15) is 4.31 Å². The van der Waals surface area contributed by atoms with E-state index >= 15 is 0 Å². The highest BCUT2D eigenvalue weighted by Gasteiger charge is 2.32. The van der Waals surface area contributed by atoms with Crippen LogP contribution in [-0.4, -0.2) is 56.6 Å². The lowest BCUT2D eigenvalue weighted by molar-refractivity contribution is -0.121. The van der Waals surface area contributed by atoms with Gasteiger partial charge in [0, 0.05) is 30.8 Å². The highest BCUT2D eigenvalue weighted by molar-refractivity contribution is 7.90. The molecule has 1 N–H and O–H groups in total. The molecule has 2 aromatic carbocycles. The Hall–Kier alpha value is -3.09. The number of benzene rings is 2. The molecule has 1 amide bonds. The van der Waals surface area contributed by atoms with Crippen LogP contribution in [0.25, 0.3) is 11.5 Å². The van der Waals surface area contributed by atoms with E-state index < -0.39 is 25.8 Å². The van der Waals surface area contributed by atoms with E-state index in [1.807, 2.05) is 30.3 Å². The fourth-order valence-electron chi connectivity index (χ4n) is 3.54. The Morgan fingerprint density at radius 3 is 2.15 bits per heavy atom. The molecule has 1 aliphatic rings. The number of anilines is 1. The molecule has 33 heavy (non-hydrogen) atoms. The Balaban J connectivity index is 1.36. The summed E-state index contributed by atoms with van der Waals surface area (Å²) in [4.78, 5) is 12.7. The van der Waals surface area contributed by atoms with Crippen molar-refractivity contribution in [1.29, 1.82) is 0 Å². The molecule has 3 aromatic rings. The van der Waals surface area contributed by atoms with E-state index in [-0.39, 0.29) is 40.7 Å². The van der Waals surface area contributed by atoms with Gasteiger partial charge in [-0.1, -0.05) is 23.3 Å². The van der Waals surface area contributed by atoms with Gasteiger partial charge >= 0.3 is 6.01 Å². The van der Waals surface area contributed by atoms with Gasteiger partial charge < -0.3 is 4.42 Å². The van der Waals surface area contributed by atoms with Crippen molar-refractivity contribution in [2.24, 2.45) is 5.92 Å². The van der Waals surface area contributed by atoms with Crippen molar-refractivity contribution in [3.05, 3.63) is 54.6 Å². The Bertz CT molecular complexity index is 1350. The molecular formula is C21H22N4O6S2. The third-order valence-electron chi connectivity index (χ3n) is 5.39. The number of piperidine rings is 1. The van der Waals surface area contributed by atoms with Gasteiger partial charge in [0.2, 0.25) is 21.8 Å². The third-order valence-corrected chi connectivity index (χ3v) is 8.43. The van der Waals surface area contributed by atoms with E-state index in [4.69, 9.17) is 4.42 Å². The smallest absolute Gasteiger partial charge is 0.322 e. The van der Waals surface area contributed by atoms with Gasteiger partial charge in [-0.15, -0.1) is 5.10 Å². The summed E-state index contributed by atoms with van der Waals surface area (Å²) in [6, 6.07) is 14.2.